The molecule has 3 N–H and O–H groups in total. The molecule has 21 heavy (non-hydrogen) atoms. The lowest BCUT2D eigenvalue weighted by Crippen LogP contribution is -2.30. The molecule has 0 saturated carbocycles. The molecule has 0 radical (unpaired) electrons. The van der Waals surface area contributed by atoms with E-state index < -0.39 is 23.9 Å². The second kappa shape index (κ2) is 6.35. The molecular formula is C12H12N2O6S. The molecule has 0 spiro atoms. The molecule has 0 bridgehead atoms. The summed E-state index contributed by atoms with van der Waals surface area (Å²) < 4.78 is 9.17. The third kappa shape index (κ3) is 4.02. The lowest BCUT2D eigenvalue weighted by molar-refractivity contribution is -0.000303. The highest BCUT2D eigenvalue weighted by molar-refractivity contribution is 7.99. The lowest BCUT2D eigenvalue weighted by atomic mass is 10.3. The van der Waals surface area contributed by atoms with Crippen molar-refractivity contribution in [3.05, 3.63) is 24.3 Å². The van der Waals surface area contributed by atoms with Crippen molar-refractivity contribution in [3.8, 4) is 0 Å². The van der Waals surface area contributed by atoms with Crippen LogP contribution in [0.15, 0.2) is 29.4 Å². The number of hydrogen-bond donors (Lipinski definition) is 3. The monoisotopic (exact) mass is 312 g/mol. The van der Waals surface area contributed by atoms with E-state index in [1.807, 2.05) is 18.2 Å². The van der Waals surface area contributed by atoms with Crippen LogP contribution in [0, 0.1) is 0 Å². The van der Waals surface area contributed by atoms with Gasteiger partial charge in [0.2, 0.25) is 0 Å². The first-order chi connectivity index (χ1) is 9.95. The summed E-state index contributed by atoms with van der Waals surface area (Å²) in [5, 5.41) is 17.7. The summed E-state index contributed by atoms with van der Waals surface area (Å²) >= 11 is 0.935. The van der Waals surface area contributed by atoms with E-state index in [0.29, 0.717) is 10.7 Å². The number of imidazole rings is 1. The molecule has 0 aliphatic carbocycles. The Labute approximate surface area is 123 Å². The van der Waals surface area contributed by atoms with Gasteiger partial charge in [0.25, 0.3) is 0 Å². The number of hydrogen-bond acceptors (Lipinski definition) is 6. The van der Waals surface area contributed by atoms with Crippen LogP contribution in [0.4, 0.5) is 9.59 Å². The van der Waals surface area contributed by atoms with Gasteiger partial charge in [-0.05, 0) is 30.8 Å². The fourth-order valence-corrected chi connectivity index (χ4v) is 2.54. The van der Waals surface area contributed by atoms with Gasteiger partial charge in [-0.25, -0.2) is 14.6 Å². The third-order valence-electron chi connectivity index (χ3n) is 2.48. The molecule has 1 aromatic carbocycles. The molecule has 1 heterocycles. The van der Waals surface area contributed by atoms with Crippen molar-refractivity contribution < 1.29 is 29.3 Å². The quantitative estimate of drug-likeness (QED) is 0.437. The van der Waals surface area contributed by atoms with Gasteiger partial charge in [-0.2, -0.15) is 0 Å². The summed E-state index contributed by atoms with van der Waals surface area (Å²) in [5.74, 6) is 0. The zero-order valence-corrected chi connectivity index (χ0v) is 11.7. The van der Waals surface area contributed by atoms with Gasteiger partial charge in [0.1, 0.15) is 6.10 Å². The highest BCUT2D eigenvalue weighted by Crippen LogP contribution is 2.27. The maximum atomic E-state index is 10.7. The number of thioether (sulfide) groups is 1. The Bertz CT molecular complexity index is 625. The van der Waals surface area contributed by atoms with Crippen molar-refractivity contribution in [2.75, 3.05) is 0 Å². The van der Waals surface area contributed by atoms with E-state index in [1.165, 1.54) is 6.92 Å². The Morgan fingerprint density at radius 3 is 2.52 bits per heavy atom. The number of rotatable bonds is 5. The predicted octanol–water partition coefficient (Wildman–Crippen LogP) is 2.76. The molecule has 2 atom stereocenters. The molecule has 2 aromatic rings. The maximum absolute atomic E-state index is 10.7. The Balaban J connectivity index is 2.16. The number of benzene rings is 1. The minimum Gasteiger partial charge on any atom is -0.450 e. The highest BCUT2D eigenvalue weighted by atomic mass is 32.2. The molecule has 9 heteroatoms. The number of nitrogens with zero attached hydrogens (tertiary/aromatic N) is 1. The Morgan fingerprint density at radius 2 is 1.90 bits per heavy atom. The van der Waals surface area contributed by atoms with Crippen LogP contribution < -0.4 is 0 Å². The lowest BCUT2D eigenvalue weighted by Gasteiger charge is -2.19. The normalized spacial score (nSPS) is 13.6. The Hall–Kier alpha value is -2.42. The second-order valence-corrected chi connectivity index (χ2v) is 5.10. The molecule has 0 aliphatic heterocycles. The van der Waals surface area contributed by atoms with E-state index in [-0.39, 0.29) is 0 Å². The molecule has 0 amide bonds. The number of nitrogens with one attached hydrogen (secondary N) is 1. The van der Waals surface area contributed by atoms with Gasteiger partial charge in [-0.1, -0.05) is 12.1 Å². The Morgan fingerprint density at radius 1 is 1.24 bits per heavy atom. The third-order valence-corrected chi connectivity index (χ3v) is 3.61. The first-order valence-corrected chi connectivity index (χ1v) is 6.74. The van der Waals surface area contributed by atoms with Gasteiger partial charge >= 0.3 is 12.3 Å². The van der Waals surface area contributed by atoms with Crippen LogP contribution in [0.3, 0.4) is 0 Å². The van der Waals surface area contributed by atoms with E-state index in [4.69, 9.17) is 10.2 Å². The molecule has 8 nitrogen and oxygen atoms in total. The summed E-state index contributed by atoms with van der Waals surface area (Å²) in [6.07, 6.45) is -4.02. The van der Waals surface area contributed by atoms with E-state index >= 15 is 0 Å². The minimum absolute atomic E-state index is 0.406. The number of fused-ring (bicyclic) bond motifs is 1. The van der Waals surface area contributed by atoms with E-state index in [2.05, 4.69) is 19.4 Å². The van der Waals surface area contributed by atoms with Crippen LogP contribution in [0.2, 0.25) is 0 Å². The van der Waals surface area contributed by atoms with E-state index in [1.54, 1.807) is 6.07 Å². The van der Waals surface area contributed by atoms with Crippen molar-refractivity contribution in [3.63, 3.8) is 0 Å². The van der Waals surface area contributed by atoms with Gasteiger partial charge in [-0.15, -0.1) is 0 Å². The summed E-state index contributed by atoms with van der Waals surface area (Å²) in [4.78, 5) is 28.5. The minimum atomic E-state index is -1.52. The first-order valence-electron chi connectivity index (χ1n) is 5.86. The second-order valence-electron chi connectivity index (χ2n) is 4.02. The van der Waals surface area contributed by atoms with Crippen LogP contribution in [0.5, 0.6) is 0 Å². The first kappa shape index (κ1) is 15.0. The average molecular weight is 312 g/mol. The SMILES string of the molecule is CC(OC(=O)O)C(OC(=O)O)Sc1nc2ccccc2[nH]1. The molecule has 0 saturated heterocycles. The van der Waals surface area contributed by atoms with Gasteiger partial charge in [0, 0.05) is 0 Å². The Kier molecular flexibility index (Phi) is 4.53. The van der Waals surface area contributed by atoms with Crippen LogP contribution in [0.1, 0.15) is 6.92 Å². The maximum Gasteiger partial charge on any atom is 0.507 e. The average Bonchev–Trinajstić information content (AvgIpc) is 2.78. The van der Waals surface area contributed by atoms with Crippen LogP contribution >= 0.6 is 11.8 Å². The zero-order valence-electron chi connectivity index (χ0n) is 10.8. The van der Waals surface area contributed by atoms with Crippen molar-refractivity contribution >= 4 is 35.1 Å². The highest BCUT2D eigenvalue weighted by Gasteiger charge is 2.27. The van der Waals surface area contributed by atoms with Gasteiger partial charge in [0.15, 0.2) is 10.6 Å². The standard InChI is InChI=1S/C12H12N2O6S/c1-6(19-11(15)16)9(20-12(17)18)21-10-13-7-4-2-3-5-8(7)14-10/h2-6,9H,1H3,(H,13,14)(H,15,16)(H,17,18). The number of aromatic nitrogens is 2. The number of para-hydroxylation sites is 2. The summed E-state index contributed by atoms with van der Waals surface area (Å²) in [7, 11) is 0. The summed E-state index contributed by atoms with van der Waals surface area (Å²) in [6.45, 7) is 1.40. The molecule has 0 fully saturated rings. The van der Waals surface area contributed by atoms with E-state index in [9.17, 15) is 9.59 Å². The fourth-order valence-electron chi connectivity index (χ4n) is 1.62. The van der Waals surface area contributed by atoms with E-state index in [0.717, 1.165) is 17.3 Å². The summed E-state index contributed by atoms with van der Waals surface area (Å²) in [5.41, 5.74) is 0.418. The predicted molar refractivity (Wildman–Crippen MR) is 73.4 cm³/mol. The smallest absolute Gasteiger partial charge is 0.450 e. The topological polar surface area (TPSA) is 122 Å². The molecule has 112 valence electrons. The molecule has 1 aromatic heterocycles. The molecule has 2 unspecified atom stereocenters. The van der Waals surface area contributed by atoms with Crippen LogP contribution in [0.25, 0.3) is 11.0 Å². The zero-order chi connectivity index (χ0) is 15.4. The number of ether oxygens (including phenoxy) is 2. The molecular weight excluding hydrogens is 300 g/mol. The summed E-state index contributed by atoms with van der Waals surface area (Å²) in [6, 6.07) is 7.26. The van der Waals surface area contributed by atoms with Gasteiger partial charge in [-0.3, -0.25) is 0 Å². The van der Waals surface area contributed by atoms with Crippen molar-refractivity contribution in [2.45, 2.75) is 23.6 Å². The van der Waals surface area contributed by atoms with Crippen LogP contribution in [-0.2, 0) is 9.47 Å². The number of carbonyl (C=O) groups is 2. The molecule has 2 rings (SSSR count). The van der Waals surface area contributed by atoms with Crippen molar-refractivity contribution in [2.24, 2.45) is 0 Å². The van der Waals surface area contributed by atoms with Crippen molar-refractivity contribution in [1.82, 2.24) is 9.97 Å². The fraction of sp³-hybridized carbons (Fsp3) is 0.250. The molecule has 0 aliphatic rings. The number of carboxylic acid groups (broad SMARTS) is 2. The van der Waals surface area contributed by atoms with Gasteiger partial charge < -0.3 is 24.7 Å². The van der Waals surface area contributed by atoms with Gasteiger partial charge in [0.05, 0.1) is 11.0 Å². The van der Waals surface area contributed by atoms with Crippen molar-refractivity contribution in [1.29, 1.82) is 0 Å². The van der Waals surface area contributed by atoms with Crippen LogP contribution in [-0.4, -0.2) is 44.0 Å². The number of H-pyrrole nitrogens is 1. The largest absolute Gasteiger partial charge is 0.507 e. The number of aromatic amines is 1.